The summed E-state index contributed by atoms with van der Waals surface area (Å²) in [6.45, 7) is 7.45. The van der Waals surface area contributed by atoms with Gasteiger partial charge in [0.05, 0.1) is 0 Å². The fourth-order valence-electron chi connectivity index (χ4n) is 2.21. The molecule has 3 nitrogen and oxygen atoms in total. The van der Waals surface area contributed by atoms with Gasteiger partial charge in [-0.15, -0.1) is 0 Å². The molecule has 0 amide bonds. The number of aliphatic carboxylic acids is 1. The third kappa shape index (κ3) is 2.27. The van der Waals surface area contributed by atoms with Gasteiger partial charge in [-0.1, -0.05) is 20.3 Å². The van der Waals surface area contributed by atoms with Crippen molar-refractivity contribution < 1.29 is 9.90 Å². The van der Waals surface area contributed by atoms with Crippen LogP contribution in [0.5, 0.6) is 0 Å². The van der Waals surface area contributed by atoms with Gasteiger partial charge in [-0.05, 0) is 32.2 Å². The van der Waals surface area contributed by atoms with Gasteiger partial charge in [0, 0.05) is 6.04 Å². The Bertz CT molecular complexity index is 205. The summed E-state index contributed by atoms with van der Waals surface area (Å²) < 4.78 is 0. The normalized spacial score (nSPS) is 27.5. The van der Waals surface area contributed by atoms with Gasteiger partial charge >= 0.3 is 5.97 Å². The van der Waals surface area contributed by atoms with E-state index in [-0.39, 0.29) is 6.04 Å². The first-order valence-corrected chi connectivity index (χ1v) is 5.56. The molecule has 3 unspecified atom stereocenters. The molecular weight excluding hydrogens is 178 g/mol. The van der Waals surface area contributed by atoms with E-state index in [1.807, 2.05) is 0 Å². The van der Waals surface area contributed by atoms with Crippen LogP contribution in [0, 0.1) is 5.92 Å². The lowest BCUT2D eigenvalue weighted by Crippen LogP contribution is -2.44. The monoisotopic (exact) mass is 199 g/mol. The summed E-state index contributed by atoms with van der Waals surface area (Å²) in [5, 5.41) is 9.05. The van der Waals surface area contributed by atoms with Gasteiger partial charge in [-0.2, -0.15) is 0 Å². The molecule has 0 saturated carbocycles. The first-order valence-electron chi connectivity index (χ1n) is 5.56. The lowest BCUT2D eigenvalue weighted by atomic mass is 9.98. The summed E-state index contributed by atoms with van der Waals surface area (Å²) in [4.78, 5) is 13.1. The van der Waals surface area contributed by atoms with E-state index in [0.717, 1.165) is 25.8 Å². The molecule has 1 fully saturated rings. The van der Waals surface area contributed by atoms with Crippen LogP contribution in [-0.4, -0.2) is 34.6 Å². The summed E-state index contributed by atoms with van der Waals surface area (Å²) >= 11 is 0. The Hall–Kier alpha value is -0.570. The SMILES string of the molecule is CCC(C)C(C)N1CCCC1C(=O)O. The van der Waals surface area contributed by atoms with Crippen LogP contribution < -0.4 is 0 Å². The quantitative estimate of drug-likeness (QED) is 0.752. The molecule has 3 atom stereocenters. The van der Waals surface area contributed by atoms with E-state index >= 15 is 0 Å². The van der Waals surface area contributed by atoms with Crippen LogP contribution in [0.3, 0.4) is 0 Å². The smallest absolute Gasteiger partial charge is 0.320 e. The third-order valence-corrected chi connectivity index (χ3v) is 3.57. The lowest BCUT2D eigenvalue weighted by Gasteiger charge is -2.32. The second kappa shape index (κ2) is 4.78. The van der Waals surface area contributed by atoms with Gasteiger partial charge in [0.1, 0.15) is 6.04 Å². The van der Waals surface area contributed by atoms with Crippen LogP contribution >= 0.6 is 0 Å². The summed E-state index contributed by atoms with van der Waals surface area (Å²) in [7, 11) is 0. The summed E-state index contributed by atoms with van der Waals surface area (Å²) in [5.74, 6) is -0.0763. The maximum atomic E-state index is 11.0. The van der Waals surface area contributed by atoms with Gasteiger partial charge in [-0.3, -0.25) is 9.69 Å². The Morgan fingerprint density at radius 1 is 1.57 bits per heavy atom. The molecule has 1 heterocycles. The Labute approximate surface area is 86.1 Å². The fraction of sp³-hybridized carbons (Fsp3) is 0.909. The summed E-state index contributed by atoms with van der Waals surface area (Å²) in [5.41, 5.74) is 0. The Morgan fingerprint density at radius 2 is 2.21 bits per heavy atom. The van der Waals surface area contributed by atoms with Crippen molar-refractivity contribution in [2.45, 2.75) is 52.1 Å². The highest BCUT2D eigenvalue weighted by Gasteiger charge is 2.34. The molecule has 82 valence electrons. The third-order valence-electron chi connectivity index (χ3n) is 3.57. The molecule has 1 saturated heterocycles. The topological polar surface area (TPSA) is 40.5 Å². The summed E-state index contributed by atoms with van der Waals surface area (Å²) in [6.07, 6.45) is 2.96. The Balaban J connectivity index is 2.61. The highest BCUT2D eigenvalue weighted by atomic mass is 16.4. The standard InChI is InChI=1S/C11H21NO2/c1-4-8(2)9(3)12-7-5-6-10(12)11(13)14/h8-10H,4-7H2,1-3H3,(H,13,14). The lowest BCUT2D eigenvalue weighted by molar-refractivity contribution is -0.143. The molecule has 1 N–H and O–H groups in total. The number of likely N-dealkylation sites (tertiary alicyclic amines) is 1. The van der Waals surface area contributed by atoms with Crippen LogP contribution in [0.4, 0.5) is 0 Å². The van der Waals surface area contributed by atoms with Crippen molar-refractivity contribution in [3.8, 4) is 0 Å². The maximum absolute atomic E-state index is 11.0. The largest absolute Gasteiger partial charge is 0.480 e. The van der Waals surface area contributed by atoms with E-state index < -0.39 is 5.97 Å². The van der Waals surface area contributed by atoms with E-state index in [2.05, 4.69) is 25.7 Å². The van der Waals surface area contributed by atoms with Crippen LogP contribution in [-0.2, 0) is 4.79 Å². The van der Waals surface area contributed by atoms with Crippen molar-refractivity contribution in [3.05, 3.63) is 0 Å². The molecule has 3 heteroatoms. The first kappa shape index (κ1) is 11.5. The maximum Gasteiger partial charge on any atom is 0.320 e. The van der Waals surface area contributed by atoms with Gasteiger partial charge in [-0.25, -0.2) is 0 Å². The van der Waals surface area contributed by atoms with E-state index in [1.54, 1.807) is 0 Å². The zero-order valence-corrected chi connectivity index (χ0v) is 9.36. The number of hydrogen-bond acceptors (Lipinski definition) is 2. The van der Waals surface area contributed by atoms with Crippen molar-refractivity contribution in [1.82, 2.24) is 4.90 Å². The van der Waals surface area contributed by atoms with Crippen molar-refractivity contribution in [1.29, 1.82) is 0 Å². The molecule has 14 heavy (non-hydrogen) atoms. The zero-order valence-electron chi connectivity index (χ0n) is 9.36. The minimum Gasteiger partial charge on any atom is -0.480 e. The van der Waals surface area contributed by atoms with Gasteiger partial charge in [0.2, 0.25) is 0 Å². The van der Waals surface area contributed by atoms with Crippen molar-refractivity contribution >= 4 is 5.97 Å². The minimum absolute atomic E-state index is 0.237. The van der Waals surface area contributed by atoms with E-state index in [4.69, 9.17) is 5.11 Å². The first-order chi connectivity index (χ1) is 6.57. The Morgan fingerprint density at radius 3 is 2.71 bits per heavy atom. The predicted octanol–water partition coefficient (Wildman–Crippen LogP) is 1.97. The fourth-order valence-corrected chi connectivity index (χ4v) is 2.21. The number of carboxylic acids is 1. The molecule has 0 aromatic heterocycles. The molecule has 0 aliphatic carbocycles. The van der Waals surface area contributed by atoms with Crippen LogP contribution in [0.2, 0.25) is 0 Å². The molecule has 1 aliphatic heterocycles. The molecule has 0 aromatic carbocycles. The van der Waals surface area contributed by atoms with Gasteiger partial charge in [0.25, 0.3) is 0 Å². The second-order valence-corrected chi connectivity index (χ2v) is 4.36. The molecule has 0 radical (unpaired) electrons. The highest BCUT2D eigenvalue weighted by Crippen LogP contribution is 2.24. The van der Waals surface area contributed by atoms with Crippen LogP contribution in [0.25, 0.3) is 0 Å². The average molecular weight is 199 g/mol. The molecule has 0 aromatic rings. The number of hydrogen-bond donors (Lipinski definition) is 1. The number of nitrogens with zero attached hydrogens (tertiary/aromatic N) is 1. The average Bonchev–Trinajstić information content (AvgIpc) is 2.63. The van der Waals surface area contributed by atoms with E-state index in [1.165, 1.54) is 0 Å². The summed E-state index contributed by atoms with van der Waals surface area (Å²) in [6, 6.07) is 0.155. The zero-order chi connectivity index (χ0) is 10.7. The molecule has 0 bridgehead atoms. The number of rotatable bonds is 4. The van der Waals surface area contributed by atoms with Crippen molar-refractivity contribution in [2.75, 3.05) is 6.54 Å². The minimum atomic E-state index is -0.655. The van der Waals surface area contributed by atoms with Crippen molar-refractivity contribution in [2.24, 2.45) is 5.92 Å². The van der Waals surface area contributed by atoms with E-state index in [9.17, 15) is 4.79 Å². The van der Waals surface area contributed by atoms with Gasteiger partial charge in [0.15, 0.2) is 0 Å². The molecule has 1 aliphatic rings. The highest BCUT2D eigenvalue weighted by molar-refractivity contribution is 5.73. The van der Waals surface area contributed by atoms with Crippen LogP contribution in [0.1, 0.15) is 40.0 Å². The molecule has 1 rings (SSSR count). The number of carbonyl (C=O) groups is 1. The van der Waals surface area contributed by atoms with Gasteiger partial charge < -0.3 is 5.11 Å². The molecule has 0 spiro atoms. The number of carboxylic acid groups (broad SMARTS) is 1. The second-order valence-electron chi connectivity index (χ2n) is 4.36. The predicted molar refractivity (Wildman–Crippen MR) is 56.3 cm³/mol. The van der Waals surface area contributed by atoms with Crippen molar-refractivity contribution in [3.63, 3.8) is 0 Å². The Kier molecular flexibility index (Phi) is 3.93. The van der Waals surface area contributed by atoms with Crippen LogP contribution in [0.15, 0.2) is 0 Å². The molecular formula is C11H21NO2. The van der Waals surface area contributed by atoms with E-state index in [0.29, 0.717) is 12.0 Å².